The Labute approximate surface area is 150 Å². The third-order valence-electron chi connectivity index (χ3n) is 2.97. The van der Waals surface area contributed by atoms with E-state index in [1.807, 2.05) is 18.2 Å². The molecule has 0 unspecified atom stereocenters. The number of phenols is 1. The van der Waals surface area contributed by atoms with E-state index in [0.29, 0.717) is 22.2 Å². The normalized spacial score (nSPS) is 10.7. The summed E-state index contributed by atoms with van der Waals surface area (Å²) in [4.78, 5) is 0. The number of phenolic OH excluding ortho intramolecular Hbond substituents is 1. The second-order valence-corrected chi connectivity index (χ2v) is 5.94. The van der Waals surface area contributed by atoms with Gasteiger partial charge in [0, 0.05) is 17.1 Å². The molecule has 0 aromatic heterocycles. The number of thiocarbonyl (C=S) groups is 1. The minimum atomic E-state index is -0.0791. The minimum Gasteiger partial charge on any atom is -0.506 e. The first kappa shape index (κ1) is 17.5. The second-order valence-electron chi connectivity index (χ2n) is 4.69. The molecule has 23 heavy (non-hydrogen) atoms. The van der Waals surface area contributed by atoms with Crippen molar-refractivity contribution in [3.63, 3.8) is 0 Å². The Morgan fingerprint density at radius 2 is 1.96 bits per heavy atom. The molecule has 0 radical (unpaired) electrons. The van der Waals surface area contributed by atoms with Crippen LogP contribution < -0.4 is 10.7 Å². The van der Waals surface area contributed by atoms with Gasteiger partial charge < -0.3 is 10.4 Å². The lowest BCUT2D eigenvalue weighted by Gasteiger charge is -2.07. The van der Waals surface area contributed by atoms with Crippen LogP contribution in [-0.2, 0) is 6.42 Å². The summed E-state index contributed by atoms with van der Waals surface area (Å²) in [6.07, 6.45) is 2.26. The van der Waals surface area contributed by atoms with E-state index in [9.17, 15) is 5.11 Å². The Kier molecular flexibility index (Phi) is 6.65. The molecule has 0 aliphatic rings. The Hall–Kier alpha value is -1.82. The zero-order valence-electron chi connectivity index (χ0n) is 12.1. The summed E-state index contributed by atoms with van der Waals surface area (Å²) in [6.45, 7) is 0.694. The summed E-state index contributed by atoms with van der Waals surface area (Å²) in [6, 6.07) is 13.1. The molecule has 2 aromatic rings. The number of nitrogens with zero attached hydrogens (tertiary/aromatic N) is 1. The first-order valence-electron chi connectivity index (χ1n) is 6.85. The average molecular weight is 368 g/mol. The zero-order valence-corrected chi connectivity index (χ0v) is 14.4. The lowest BCUT2D eigenvalue weighted by molar-refractivity contribution is 0.474. The van der Waals surface area contributed by atoms with Crippen LogP contribution in [0.3, 0.4) is 0 Å². The number of hydrogen-bond acceptors (Lipinski definition) is 3. The van der Waals surface area contributed by atoms with E-state index in [2.05, 4.69) is 28.0 Å². The lowest BCUT2D eigenvalue weighted by atomic mass is 10.1. The summed E-state index contributed by atoms with van der Waals surface area (Å²) >= 11 is 16.8. The number of hydrazone groups is 1. The first-order chi connectivity index (χ1) is 11.1. The average Bonchev–Trinajstić information content (AvgIpc) is 2.53. The van der Waals surface area contributed by atoms with Crippen molar-refractivity contribution in [2.24, 2.45) is 5.10 Å². The van der Waals surface area contributed by atoms with Gasteiger partial charge >= 0.3 is 0 Å². The topological polar surface area (TPSA) is 56.7 Å². The Bertz CT molecular complexity index is 708. The molecule has 0 heterocycles. The van der Waals surface area contributed by atoms with Crippen LogP contribution in [0.5, 0.6) is 5.75 Å². The molecule has 4 nitrogen and oxygen atoms in total. The molecular weight excluding hydrogens is 353 g/mol. The van der Waals surface area contributed by atoms with Crippen molar-refractivity contribution in [1.29, 1.82) is 0 Å². The van der Waals surface area contributed by atoms with Gasteiger partial charge in [-0.2, -0.15) is 5.10 Å². The van der Waals surface area contributed by atoms with Gasteiger partial charge in [-0.15, -0.1) is 0 Å². The van der Waals surface area contributed by atoms with Gasteiger partial charge in [-0.05, 0) is 36.3 Å². The molecule has 0 amide bonds. The van der Waals surface area contributed by atoms with Crippen molar-refractivity contribution in [1.82, 2.24) is 10.7 Å². The summed E-state index contributed by atoms with van der Waals surface area (Å²) in [7, 11) is 0. The highest BCUT2D eigenvalue weighted by molar-refractivity contribution is 7.80. The van der Waals surface area contributed by atoms with Crippen molar-refractivity contribution in [3.8, 4) is 5.75 Å². The summed E-state index contributed by atoms with van der Waals surface area (Å²) in [5.74, 6) is -0.0791. The first-order valence-corrected chi connectivity index (χ1v) is 8.01. The van der Waals surface area contributed by atoms with Crippen molar-refractivity contribution in [2.75, 3.05) is 6.54 Å². The number of aromatic hydroxyl groups is 1. The summed E-state index contributed by atoms with van der Waals surface area (Å²) in [5, 5.41) is 17.8. The molecule has 0 aliphatic heterocycles. The molecule has 0 aliphatic carbocycles. The van der Waals surface area contributed by atoms with Crippen LogP contribution in [0, 0.1) is 0 Å². The largest absolute Gasteiger partial charge is 0.506 e. The standard InChI is InChI=1S/C16H15Cl2N3OS/c17-13-8-12(15(22)14(18)9-13)10-20-21-16(23)19-7-6-11-4-2-1-3-5-11/h1-5,8-10,22H,6-7H2,(H2,19,21,23)/b20-10+. The fourth-order valence-corrected chi connectivity index (χ4v) is 2.51. The number of nitrogens with one attached hydrogen (secondary N) is 2. The minimum absolute atomic E-state index is 0.0791. The van der Waals surface area contributed by atoms with E-state index in [1.54, 1.807) is 6.07 Å². The number of rotatable bonds is 5. The molecule has 0 fully saturated rings. The highest BCUT2D eigenvalue weighted by Gasteiger charge is 2.05. The molecule has 2 rings (SSSR count). The molecule has 7 heteroatoms. The van der Waals surface area contributed by atoms with Crippen molar-refractivity contribution in [3.05, 3.63) is 63.6 Å². The maximum Gasteiger partial charge on any atom is 0.186 e. The maximum absolute atomic E-state index is 9.80. The van der Waals surface area contributed by atoms with E-state index in [1.165, 1.54) is 17.8 Å². The van der Waals surface area contributed by atoms with Crippen LogP contribution in [0.15, 0.2) is 47.6 Å². The van der Waals surface area contributed by atoms with Crippen LogP contribution in [0.2, 0.25) is 10.0 Å². The van der Waals surface area contributed by atoms with Crippen LogP contribution >= 0.6 is 35.4 Å². The Morgan fingerprint density at radius 3 is 2.70 bits per heavy atom. The van der Waals surface area contributed by atoms with Crippen molar-refractivity contribution >= 4 is 46.7 Å². The van der Waals surface area contributed by atoms with E-state index >= 15 is 0 Å². The highest BCUT2D eigenvalue weighted by atomic mass is 35.5. The predicted octanol–water partition coefficient (Wildman–Crippen LogP) is 3.74. The lowest BCUT2D eigenvalue weighted by Crippen LogP contribution is -2.33. The fourth-order valence-electron chi connectivity index (χ4n) is 1.85. The van der Waals surface area contributed by atoms with E-state index in [0.717, 1.165) is 6.42 Å². The van der Waals surface area contributed by atoms with Gasteiger partial charge in [0.15, 0.2) is 5.11 Å². The molecule has 0 saturated heterocycles. The fraction of sp³-hybridized carbons (Fsp3) is 0.125. The zero-order chi connectivity index (χ0) is 16.7. The van der Waals surface area contributed by atoms with Gasteiger partial charge in [-0.3, -0.25) is 5.43 Å². The second kappa shape index (κ2) is 8.72. The van der Waals surface area contributed by atoms with Gasteiger partial charge in [0.25, 0.3) is 0 Å². The molecule has 0 bridgehead atoms. The SMILES string of the molecule is Oc1c(Cl)cc(Cl)cc1/C=N/NC(=S)NCCc1ccccc1. The molecule has 120 valence electrons. The smallest absolute Gasteiger partial charge is 0.186 e. The Morgan fingerprint density at radius 1 is 1.22 bits per heavy atom. The van der Waals surface area contributed by atoms with E-state index < -0.39 is 0 Å². The third kappa shape index (κ3) is 5.71. The molecule has 3 N–H and O–H groups in total. The number of halogens is 2. The van der Waals surface area contributed by atoms with Crippen LogP contribution in [0.25, 0.3) is 0 Å². The van der Waals surface area contributed by atoms with Crippen molar-refractivity contribution in [2.45, 2.75) is 6.42 Å². The van der Waals surface area contributed by atoms with Gasteiger partial charge in [0.2, 0.25) is 0 Å². The van der Waals surface area contributed by atoms with Crippen molar-refractivity contribution < 1.29 is 5.11 Å². The van der Waals surface area contributed by atoms with Crippen LogP contribution in [0.1, 0.15) is 11.1 Å². The van der Waals surface area contributed by atoms with Crippen LogP contribution in [-0.4, -0.2) is 23.0 Å². The van der Waals surface area contributed by atoms with Gasteiger partial charge in [0.1, 0.15) is 5.75 Å². The van der Waals surface area contributed by atoms with Gasteiger partial charge in [0.05, 0.1) is 11.2 Å². The third-order valence-corrected chi connectivity index (χ3v) is 3.71. The quantitative estimate of drug-likeness (QED) is 0.428. The Balaban J connectivity index is 1.80. The van der Waals surface area contributed by atoms with Crippen LogP contribution in [0.4, 0.5) is 0 Å². The van der Waals surface area contributed by atoms with Gasteiger partial charge in [-0.25, -0.2) is 0 Å². The number of hydrogen-bond donors (Lipinski definition) is 3. The molecule has 2 aromatic carbocycles. The van der Waals surface area contributed by atoms with E-state index in [-0.39, 0.29) is 10.8 Å². The molecule has 0 spiro atoms. The van der Waals surface area contributed by atoms with Gasteiger partial charge in [-0.1, -0.05) is 53.5 Å². The molecule has 0 saturated carbocycles. The summed E-state index contributed by atoms with van der Waals surface area (Å²) in [5.41, 5.74) is 4.31. The predicted molar refractivity (Wildman–Crippen MR) is 99.6 cm³/mol. The molecule has 0 atom stereocenters. The maximum atomic E-state index is 9.80. The summed E-state index contributed by atoms with van der Waals surface area (Å²) < 4.78 is 0. The number of benzene rings is 2. The monoisotopic (exact) mass is 367 g/mol. The van der Waals surface area contributed by atoms with E-state index in [4.69, 9.17) is 35.4 Å². The highest BCUT2D eigenvalue weighted by Crippen LogP contribution is 2.29. The molecular formula is C16H15Cl2N3OS.